The molecule has 0 fully saturated rings. The Hall–Kier alpha value is -0.910. The summed E-state index contributed by atoms with van der Waals surface area (Å²) in [7, 11) is 0. The number of halogens is 2. The Labute approximate surface area is 99.5 Å². The second-order valence-electron chi connectivity index (χ2n) is 2.94. The predicted octanol–water partition coefficient (Wildman–Crippen LogP) is 2.53. The van der Waals surface area contributed by atoms with Gasteiger partial charge in [0.15, 0.2) is 5.82 Å². The lowest BCUT2D eigenvalue weighted by Gasteiger charge is -2.08. The third kappa shape index (κ3) is 2.19. The summed E-state index contributed by atoms with van der Waals surface area (Å²) in [5.41, 5.74) is 6.80. The van der Waals surface area contributed by atoms with E-state index in [2.05, 4.69) is 30.6 Å². The summed E-state index contributed by atoms with van der Waals surface area (Å²) in [6, 6.07) is 5.02. The summed E-state index contributed by atoms with van der Waals surface area (Å²) in [6.45, 7) is 0. The molecule has 15 heavy (non-hydrogen) atoms. The number of hydrogen-bond acceptors (Lipinski definition) is 4. The van der Waals surface area contributed by atoms with Crippen molar-refractivity contribution in [3.05, 3.63) is 45.5 Å². The molecule has 0 saturated carbocycles. The number of hydrogen-bond donors (Lipinski definition) is 1. The summed E-state index contributed by atoms with van der Waals surface area (Å²) in [5, 5.41) is 4.32. The van der Waals surface area contributed by atoms with E-state index in [1.165, 1.54) is 6.39 Å². The average Bonchev–Trinajstić information content (AvgIpc) is 2.74. The molecule has 78 valence electrons. The fourth-order valence-corrected chi connectivity index (χ4v) is 1.68. The molecule has 2 rings (SSSR count). The molecule has 1 atom stereocenters. The molecule has 0 amide bonds. The maximum absolute atomic E-state index is 5.93. The van der Waals surface area contributed by atoms with Crippen LogP contribution in [0.3, 0.4) is 0 Å². The van der Waals surface area contributed by atoms with Crippen molar-refractivity contribution >= 4 is 27.5 Å². The second kappa shape index (κ2) is 4.30. The largest absolute Gasteiger partial charge is 0.343 e. The van der Waals surface area contributed by atoms with Gasteiger partial charge in [-0.05, 0) is 33.6 Å². The van der Waals surface area contributed by atoms with E-state index in [-0.39, 0.29) is 0 Å². The lowest BCUT2D eigenvalue weighted by Crippen LogP contribution is -2.13. The minimum absolute atomic E-state index is 0.405. The van der Waals surface area contributed by atoms with Crippen molar-refractivity contribution in [2.45, 2.75) is 6.04 Å². The van der Waals surface area contributed by atoms with Crippen LogP contribution < -0.4 is 5.73 Å². The molecule has 0 aliphatic rings. The minimum Gasteiger partial charge on any atom is -0.343 e. The summed E-state index contributed by atoms with van der Waals surface area (Å²) in [5.74, 6) is 0.448. The molecule has 2 N–H and O–H groups in total. The summed E-state index contributed by atoms with van der Waals surface area (Å²) in [4.78, 5) is 3.89. The molecule has 1 unspecified atom stereocenters. The summed E-state index contributed by atoms with van der Waals surface area (Å²) >= 11 is 9.20. The van der Waals surface area contributed by atoms with Gasteiger partial charge in [-0.2, -0.15) is 4.98 Å². The molecule has 1 heterocycles. The van der Waals surface area contributed by atoms with E-state index in [0.717, 1.165) is 10.0 Å². The first kappa shape index (κ1) is 10.6. The van der Waals surface area contributed by atoms with E-state index in [1.807, 2.05) is 12.1 Å². The quantitative estimate of drug-likeness (QED) is 0.922. The average molecular weight is 289 g/mol. The van der Waals surface area contributed by atoms with E-state index in [1.54, 1.807) is 6.07 Å². The number of nitrogens with two attached hydrogens (primary N) is 1. The van der Waals surface area contributed by atoms with Crippen molar-refractivity contribution in [1.82, 2.24) is 10.1 Å². The van der Waals surface area contributed by atoms with Crippen molar-refractivity contribution in [2.24, 2.45) is 5.73 Å². The monoisotopic (exact) mass is 287 g/mol. The first-order chi connectivity index (χ1) is 7.18. The van der Waals surface area contributed by atoms with Gasteiger partial charge in [0.2, 0.25) is 6.39 Å². The zero-order valence-electron chi connectivity index (χ0n) is 7.52. The molecular formula is C9H7BrClN3O. The number of benzene rings is 1. The lowest BCUT2D eigenvalue weighted by molar-refractivity contribution is 0.407. The molecule has 1 aromatic carbocycles. The molecule has 0 saturated heterocycles. The topological polar surface area (TPSA) is 64.9 Å². The van der Waals surface area contributed by atoms with Gasteiger partial charge in [-0.3, -0.25) is 0 Å². The van der Waals surface area contributed by atoms with Crippen molar-refractivity contribution in [1.29, 1.82) is 0 Å². The van der Waals surface area contributed by atoms with Crippen LogP contribution in [0.15, 0.2) is 33.6 Å². The number of aromatic nitrogens is 2. The van der Waals surface area contributed by atoms with E-state index < -0.39 is 6.04 Å². The maximum Gasteiger partial charge on any atom is 0.213 e. The van der Waals surface area contributed by atoms with E-state index in [4.69, 9.17) is 17.3 Å². The van der Waals surface area contributed by atoms with Gasteiger partial charge in [0.25, 0.3) is 0 Å². The molecule has 0 bridgehead atoms. The predicted molar refractivity (Wildman–Crippen MR) is 59.5 cm³/mol. The molecule has 1 aromatic heterocycles. The molecule has 6 heteroatoms. The van der Waals surface area contributed by atoms with Crippen LogP contribution in [0, 0.1) is 0 Å². The molecular weight excluding hydrogens is 281 g/mol. The van der Waals surface area contributed by atoms with Gasteiger partial charge >= 0.3 is 0 Å². The van der Waals surface area contributed by atoms with Crippen LogP contribution in [0.2, 0.25) is 5.02 Å². The summed E-state index contributed by atoms with van der Waals surface area (Å²) in [6.07, 6.45) is 1.25. The van der Waals surface area contributed by atoms with Crippen molar-refractivity contribution < 1.29 is 4.52 Å². The van der Waals surface area contributed by atoms with E-state index in [9.17, 15) is 0 Å². The third-order valence-corrected chi connectivity index (χ3v) is 3.17. The Morgan fingerprint density at radius 3 is 2.87 bits per heavy atom. The Morgan fingerprint density at radius 1 is 1.47 bits per heavy atom. The van der Waals surface area contributed by atoms with Gasteiger partial charge < -0.3 is 10.3 Å². The van der Waals surface area contributed by atoms with E-state index in [0.29, 0.717) is 10.8 Å². The number of rotatable bonds is 2. The second-order valence-corrected chi connectivity index (χ2v) is 4.20. The fraction of sp³-hybridized carbons (Fsp3) is 0.111. The van der Waals surface area contributed by atoms with Crippen LogP contribution in [-0.2, 0) is 0 Å². The zero-order chi connectivity index (χ0) is 10.8. The first-order valence-corrected chi connectivity index (χ1v) is 5.32. The SMILES string of the molecule is NC(c1ccc(Cl)c(Br)c1)c1ncon1. The van der Waals surface area contributed by atoms with Crippen LogP contribution in [0.4, 0.5) is 0 Å². The number of nitrogens with zero attached hydrogens (tertiary/aromatic N) is 2. The fourth-order valence-electron chi connectivity index (χ4n) is 1.17. The molecule has 0 radical (unpaired) electrons. The van der Waals surface area contributed by atoms with Crippen LogP contribution in [-0.4, -0.2) is 10.1 Å². The smallest absolute Gasteiger partial charge is 0.213 e. The van der Waals surface area contributed by atoms with Crippen molar-refractivity contribution in [3.8, 4) is 0 Å². The highest BCUT2D eigenvalue weighted by atomic mass is 79.9. The van der Waals surface area contributed by atoms with Gasteiger partial charge in [-0.25, -0.2) is 0 Å². The summed E-state index contributed by atoms with van der Waals surface area (Å²) < 4.78 is 5.42. The Balaban J connectivity index is 2.34. The standard InChI is InChI=1S/C9H7BrClN3O/c10-6-3-5(1-2-7(6)11)8(12)9-13-4-15-14-9/h1-4,8H,12H2. The van der Waals surface area contributed by atoms with Crippen molar-refractivity contribution in [3.63, 3.8) is 0 Å². The highest BCUT2D eigenvalue weighted by molar-refractivity contribution is 9.10. The highest BCUT2D eigenvalue weighted by Crippen LogP contribution is 2.26. The van der Waals surface area contributed by atoms with Gasteiger partial charge in [-0.1, -0.05) is 22.8 Å². The van der Waals surface area contributed by atoms with Gasteiger partial charge in [-0.15, -0.1) is 0 Å². The minimum atomic E-state index is -0.405. The Kier molecular flexibility index (Phi) is 3.04. The van der Waals surface area contributed by atoms with E-state index >= 15 is 0 Å². The lowest BCUT2D eigenvalue weighted by atomic mass is 10.1. The zero-order valence-corrected chi connectivity index (χ0v) is 9.86. The normalized spacial score (nSPS) is 12.7. The molecule has 0 aliphatic carbocycles. The molecule has 4 nitrogen and oxygen atoms in total. The van der Waals surface area contributed by atoms with Crippen LogP contribution in [0.1, 0.15) is 17.4 Å². The maximum atomic E-state index is 5.93. The first-order valence-electron chi connectivity index (χ1n) is 4.15. The van der Waals surface area contributed by atoms with Gasteiger partial charge in [0, 0.05) is 4.47 Å². The molecule has 0 spiro atoms. The molecule has 2 aromatic rings. The molecule has 0 aliphatic heterocycles. The van der Waals surface area contributed by atoms with Crippen LogP contribution in [0.25, 0.3) is 0 Å². The van der Waals surface area contributed by atoms with Crippen LogP contribution in [0.5, 0.6) is 0 Å². The van der Waals surface area contributed by atoms with Gasteiger partial charge in [0.1, 0.15) is 0 Å². The van der Waals surface area contributed by atoms with Crippen LogP contribution >= 0.6 is 27.5 Å². The Bertz CT molecular complexity index is 460. The Morgan fingerprint density at radius 2 is 2.27 bits per heavy atom. The van der Waals surface area contributed by atoms with Gasteiger partial charge in [0.05, 0.1) is 11.1 Å². The third-order valence-electron chi connectivity index (χ3n) is 1.96. The van der Waals surface area contributed by atoms with Crippen molar-refractivity contribution in [2.75, 3.05) is 0 Å². The highest BCUT2D eigenvalue weighted by Gasteiger charge is 2.14.